The van der Waals surface area contributed by atoms with Crippen molar-refractivity contribution in [2.75, 3.05) is 23.3 Å². The van der Waals surface area contributed by atoms with Gasteiger partial charge in [-0.05, 0) is 0 Å². The molecule has 5 N–H and O–H groups in total. The monoisotopic (exact) mass is 199 g/mol. The molecule has 0 saturated carbocycles. The molecule has 0 saturated heterocycles. The lowest BCUT2D eigenvalue weighted by atomic mass is 10.4. The molecule has 1 rings (SSSR count). The Morgan fingerprint density at radius 2 is 2.15 bits per heavy atom. The summed E-state index contributed by atoms with van der Waals surface area (Å²) in [5, 5.41) is 3.04. The third-order valence-electron chi connectivity index (χ3n) is 1.33. The molecule has 0 aromatic carbocycles. The molecule has 6 heteroatoms. The van der Waals surface area contributed by atoms with E-state index in [4.69, 9.17) is 23.1 Å². The molecular formula is C7H10ClN5. The molecule has 0 radical (unpaired) electrons. The van der Waals surface area contributed by atoms with Gasteiger partial charge in [0.05, 0.1) is 0 Å². The van der Waals surface area contributed by atoms with Gasteiger partial charge in [-0.25, -0.2) is 0 Å². The maximum atomic E-state index is 5.68. The number of rotatable bonds is 3. The molecular weight excluding hydrogens is 190 g/mol. The molecule has 0 aliphatic heterocycles. The van der Waals surface area contributed by atoms with Crippen molar-refractivity contribution in [3.05, 3.63) is 17.8 Å². The van der Waals surface area contributed by atoms with Gasteiger partial charge < -0.3 is 16.8 Å². The van der Waals surface area contributed by atoms with E-state index in [1.807, 2.05) is 0 Å². The maximum Gasteiger partial charge on any atom is 0.223 e. The van der Waals surface area contributed by atoms with Gasteiger partial charge in [-0.3, -0.25) is 0 Å². The SMILES string of the molecule is C=CCNc1nc(N)nc(Cl)c1N. The first kappa shape index (κ1) is 9.60. The predicted octanol–water partition coefficient (Wildman–Crippen LogP) is 0.892. The highest BCUT2D eigenvalue weighted by Crippen LogP contribution is 2.23. The van der Waals surface area contributed by atoms with Crippen LogP contribution < -0.4 is 16.8 Å². The molecule has 0 atom stereocenters. The van der Waals surface area contributed by atoms with Crippen LogP contribution in [0.2, 0.25) is 5.15 Å². The number of anilines is 3. The highest BCUT2D eigenvalue weighted by Gasteiger charge is 2.06. The first-order valence-corrected chi connectivity index (χ1v) is 3.96. The first-order chi connectivity index (χ1) is 6.15. The van der Waals surface area contributed by atoms with E-state index in [1.165, 1.54) is 0 Å². The fourth-order valence-corrected chi connectivity index (χ4v) is 0.938. The summed E-state index contributed by atoms with van der Waals surface area (Å²) in [5.41, 5.74) is 11.2. The Labute approximate surface area is 80.8 Å². The van der Waals surface area contributed by atoms with Crippen LogP contribution in [-0.2, 0) is 0 Å². The van der Waals surface area contributed by atoms with Gasteiger partial charge in [0.25, 0.3) is 0 Å². The van der Waals surface area contributed by atoms with Crippen LogP contribution >= 0.6 is 11.6 Å². The van der Waals surface area contributed by atoms with Crippen LogP contribution in [0.15, 0.2) is 12.7 Å². The van der Waals surface area contributed by atoms with E-state index in [-0.39, 0.29) is 16.8 Å². The minimum atomic E-state index is 0.0887. The number of aromatic nitrogens is 2. The highest BCUT2D eigenvalue weighted by atomic mass is 35.5. The second-order valence-electron chi connectivity index (χ2n) is 2.30. The summed E-state index contributed by atoms with van der Waals surface area (Å²) in [5.74, 6) is 0.517. The van der Waals surface area contributed by atoms with Crippen molar-refractivity contribution in [1.29, 1.82) is 0 Å². The van der Waals surface area contributed by atoms with E-state index in [0.717, 1.165) is 0 Å². The van der Waals surface area contributed by atoms with Crippen molar-refractivity contribution in [2.24, 2.45) is 0 Å². The van der Waals surface area contributed by atoms with E-state index < -0.39 is 0 Å². The van der Waals surface area contributed by atoms with Crippen molar-refractivity contribution in [3.63, 3.8) is 0 Å². The van der Waals surface area contributed by atoms with Crippen molar-refractivity contribution in [1.82, 2.24) is 9.97 Å². The van der Waals surface area contributed by atoms with Crippen LogP contribution in [0, 0.1) is 0 Å². The lowest BCUT2D eigenvalue weighted by Crippen LogP contribution is -2.08. The first-order valence-electron chi connectivity index (χ1n) is 3.58. The van der Waals surface area contributed by atoms with Crippen LogP contribution in [0.3, 0.4) is 0 Å². The molecule has 0 amide bonds. The average molecular weight is 200 g/mol. The van der Waals surface area contributed by atoms with Gasteiger partial charge >= 0.3 is 0 Å². The summed E-state index contributed by atoms with van der Waals surface area (Å²) >= 11 is 5.68. The van der Waals surface area contributed by atoms with Gasteiger partial charge in [0.2, 0.25) is 5.95 Å². The van der Waals surface area contributed by atoms with Crippen molar-refractivity contribution in [3.8, 4) is 0 Å². The van der Waals surface area contributed by atoms with Gasteiger partial charge in [-0.15, -0.1) is 6.58 Å². The van der Waals surface area contributed by atoms with Crippen LogP contribution in [0.1, 0.15) is 0 Å². The van der Waals surface area contributed by atoms with E-state index in [1.54, 1.807) is 6.08 Å². The fourth-order valence-electron chi connectivity index (χ4n) is 0.762. The summed E-state index contributed by atoms with van der Waals surface area (Å²) in [7, 11) is 0. The van der Waals surface area contributed by atoms with Crippen LogP contribution in [-0.4, -0.2) is 16.5 Å². The Hall–Kier alpha value is -1.49. The zero-order valence-corrected chi connectivity index (χ0v) is 7.67. The number of nitrogens with two attached hydrogens (primary N) is 2. The molecule has 1 aromatic heterocycles. The molecule has 0 bridgehead atoms. The van der Waals surface area contributed by atoms with Crippen LogP contribution in [0.25, 0.3) is 0 Å². The molecule has 0 aliphatic carbocycles. The maximum absolute atomic E-state index is 5.68. The van der Waals surface area contributed by atoms with Crippen molar-refractivity contribution >= 4 is 29.1 Å². The van der Waals surface area contributed by atoms with Gasteiger partial charge in [-0.1, -0.05) is 17.7 Å². The van der Waals surface area contributed by atoms with E-state index in [0.29, 0.717) is 12.4 Å². The zero-order valence-electron chi connectivity index (χ0n) is 6.92. The summed E-state index contributed by atoms with van der Waals surface area (Å²) in [6.45, 7) is 4.08. The molecule has 70 valence electrons. The smallest absolute Gasteiger partial charge is 0.223 e. The third kappa shape index (κ3) is 2.22. The van der Waals surface area contributed by atoms with E-state index in [2.05, 4.69) is 21.9 Å². The molecule has 1 heterocycles. The van der Waals surface area contributed by atoms with Gasteiger partial charge in [0.1, 0.15) is 5.69 Å². The fraction of sp³-hybridized carbons (Fsp3) is 0.143. The van der Waals surface area contributed by atoms with Gasteiger partial charge in [-0.2, -0.15) is 9.97 Å². The molecule has 0 unspecified atom stereocenters. The number of nitrogens with one attached hydrogen (secondary N) is 1. The number of nitrogens with zero attached hydrogens (tertiary/aromatic N) is 2. The zero-order chi connectivity index (χ0) is 9.84. The molecule has 0 fully saturated rings. The summed E-state index contributed by atoms with van der Waals surface area (Å²) in [6.07, 6.45) is 1.67. The lowest BCUT2D eigenvalue weighted by Gasteiger charge is -2.07. The standard InChI is InChI=1S/C7H10ClN5/c1-2-3-11-6-4(9)5(8)12-7(10)13-6/h2H,1,3,9H2,(H3,10,11,12,13). The number of hydrogen-bond acceptors (Lipinski definition) is 5. The van der Waals surface area contributed by atoms with E-state index in [9.17, 15) is 0 Å². The highest BCUT2D eigenvalue weighted by molar-refractivity contribution is 6.32. The van der Waals surface area contributed by atoms with Crippen LogP contribution in [0.5, 0.6) is 0 Å². The van der Waals surface area contributed by atoms with Crippen LogP contribution in [0.4, 0.5) is 17.5 Å². The minimum Gasteiger partial charge on any atom is -0.393 e. The average Bonchev–Trinajstić information content (AvgIpc) is 2.09. The van der Waals surface area contributed by atoms with Gasteiger partial charge in [0.15, 0.2) is 11.0 Å². The largest absolute Gasteiger partial charge is 0.393 e. The third-order valence-corrected chi connectivity index (χ3v) is 1.62. The molecule has 5 nitrogen and oxygen atoms in total. The second-order valence-corrected chi connectivity index (χ2v) is 2.66. The lowest BCUT2D eigenvalue weighted by molar-refractivity contribution is 1.16. The quantitative estimate of drug-likeness (QED) is 0.497. The molecule has 13 heavy (non-hydrogen) atoms. The summed E-state index contributed by atoms with van der Waals surface area (Å²) in [6, 6.07) is 0. The predicted molar refractivity (Wildman–Crippen MR) is 54.6 cm³/mol. The minimum absolute atomic E-state index is 0.0887. The van der Waals surface area contributed by atoms with Crippen molar-refractivity contribution in [2.45, 2.75) is 0 Å². The Balaban J connectivity index is 2.98. The Kier molecular flexibility index (Phi) is 2.92. The summed E-state index contributed by atoms with van der Waals surface area (Å²) < 4.78 is 0. The van der Waals surface area contributed by atoms with E-state index >= 15 is 0 Å². The second kappa shape index (κ2) is 3.95. The van der Waals surface area contributed by atoms with Gasteiger partial charge in [0, 0.05) is 6.54 Å². The Morgan fingerprint density at radius 3 is 2.77 bits per heavy atom. The van der Waals surface area contributed by atoms with Crippen molar-refractivity contribution < 1.29 is 0 Å². The normalized spacial score (nSPS) is 9.62. The molecule has 0 aliphatic rings. The topological polar surface area (TPSA) is 89.8 Å². The Morgan fingerprint density at radius 1 is 1.46 bits per heavy atom. The Bertz CT molecular complexity index is 325. The summed E-state index contributed by atoms with van der Waals surface area (Å²) in [4.78, 5) is 7.55. The molecule has 1 aromatic rings. The number of hydrogen-bond donors (Lipinski definition) is 3. The molecule has 0 spiro atoms. The number of halogens is 1. The number of nitrogen functional groups attached to an aromatic ring is 2.